The molecule has 1 rings (SSSR count). The zero-order valence-corrected chi connectivity index (χ0v) is 12.9. The quantitative estimate of drug-likeness (QED) is 0.781. The van der Waals surface area contributed by atoms with E-state index < -0.39 is 0 Å². The standard InChI is InChI=1S/C16H28N2O/c1-6-19-15-9-7-8-14(10-15)11-17-16(13(2)3)12-18(4)5/h7-10,13,16-17H,6,11-12H2,1-5H3. The van der Waals surface area contributed by atoms with Crippen molar-refractivity contribution in [3.63, 3.8) is 0 Å². The van der Waals surface area contributed by atoms with Crippen molar-refractivity contribution in [1.29, 1.82) is 0 Å². The second kappa shape index (κ2) is 8.18. The Kier molecular flexibility index (Phi) is 6.89. The lowest BCUT2D eigenvalue weighted by Crippen LogP contribution is -2.41. The fraction of sp³-hybridized carbons (Fsp3) is 0.625. The summed E-state index contributed by atoms with van der Waals surface area (Å²) in [7, 11) is 4.24. The highest BCUT2D eigenvalue weighted by atomic mass is 16.5. The van der Waals surface area contributed by atoms with E-state index in [1.807, 2.05) is 13.0 Å². The van der Waals surface area contributed by atoms with E-state index >= 15 is 0 Å². The first-order valence-corrected chi connectivity index (χ1v) is 7.12. The smallest absolute Gasteiger partial charge is 0.119 e. The Bertz CT molecular complexity index is 364. The molecular weight excluding hydrogens is 236 g/mol. The summed E-state index contributed by atoms with van der Waals surface area (Å²) in [5.74, 6) is 1.58. The lowest BCUT2D eigenvalue weighted by molar-refractivity contribution is 0.288. The van der Waals surface area contributed by atoms with Crippen molar-refractivity contribution >= 4 is 0 Å². The Balaban J connectivity index is 2.55. The zero-order chi connectivity index (χ0) is 14.3. The topological polar surface area (TPSA) is 24.5 Å². The summed E-state index contributed by atoms with van der Waals surface area (Å²) >= 11 is 0. The molecule has 0 spiro atoms. The number of benzene rings is 1. The summed E-state index contributed by atoms with van der Waals surface area (Å²) in [6.45, 7) is 9.19. The van der Waals surface area contributed by atoms with Crippen LogP contribution in [0.25, 0.3) is 0 Å². The van der Waals surface area contributed by atoms with Gasteiger partial charge in [-0.3, -0.25) is 0 Å². The summed E-state index contributed by atoms with van der Waals surface area (Å²) in [6, 6.07) is 8.82. The zero-order valence-electron chi connectivity index (χ0n) is 12.9. The minimum Gasteiger partial charge on any atom is -0.494 e. The first kappa shape index (κ1) is 16.0. The lowest BCUT2D eigenvalue weighted by atomic mass is 10.0. The van der Waals surface area contributed by atoms with Gasteiger partial charge in [-0.25, -0.2) is 0 Å². The molecule has 0 heterocycles. The second-order valence-corrected chi connectivity index (χ2v) is 5.57. The SMILES string of the molecule is CCOc1cccc(CNC(CN(C)C)C(C)C)c1. The van der Waals surface area contributed by atoms with Crippen LogP contribution >= 0.6 is 0 Å². The molecule has 0 fully saturated rings. The highest BCUT2D eigenvalue weighted by molar-refractivity contribution is 5.28. The molecule has 3 nitrogen and oxygen atoms in total. The largest absolute Gasteiger partial charge is 0.494 e. The van der Waals surface area contributed by atoms with Gasteiger partial charge < -0.3 is 15.0 Å². The monoisotopic (exact) mass is 264 g/mol. The van der Waals surface area contributed by atoms with Gasteiger partial charge in [0.25, 0.3) is 0 Å². The molecule has 1 unspecified atom stereocenters. The van der Waals surface area contributed by atoms with Crippen LogP contribution in [0.2, 0.25) is 0 Å². The van der Waals surface area contributed by atoms with Gasteiger partial charge in [-0.1, -0.05) is 26.0 Å². The van der Waals surface area contributed by atoms with Crippen molar-refractivity contribution in [2.24, 2.45) is 5.92 Å². The predicted molar refractivity (Wildman–Crippen MR) is 81.6 cm³/mol. The molecule has 1 aromatic rings. The summed E-state index contributed by atoms with van der Waals surface area (Å²) < 4.78 is 5.53. The van der Waals surface area contributed by atoms with Gasteiger partial charge in [0.1, 0.15) is 5.75 Å². The summed E-state index contributed by atoms with van der Waals surface area (Å²) in [5, 5.41) is 3.64. The lowest BCUT2D eigenvalue weighted by Gasteiger charge is -2.25. The molecule has 0 aromatic heterocycles. The van der Waals surface area contributed by atoms with E-state index in [1.54, 1.807) is 0 Å². The molecule has 0 aliphatic carbocycles. The number of ether oxygens (including phenoxy) is 1. The Morgan fingerprint density at radius 1 is 1.26 bits per heavy atom. The molecule has 0 bridgehead atoms. The molecule has 19 heavy (non-hydrogen) atoms. The molecule has 3 heteroatoms. The van der Waals surface area contributed by atoms with Gasteiger partial charge in [-0.15, -0.1) is 0 Å². The van der Waals surface area contributed by atoms with E-state index in [0.717, 1.165) is 18.8 Å². The van der Waals surface area contributed by atoms with Crippen molar-refractivity contribution in [2.45, 2.75) is 33.4 Å². The van der Waals surface area contributed by atoms with E-state index in [-0.39, 0.29) is 0 Å². The normalized spacial score (nSPS) is 13.0. The number of nitrogens with one attached hydrogen (secondary N) is 1. The van der Waals surface area contributed by atoms with Gasteiger partial charge in [-0.05, 0) is 44.6 Å². The van der Waals surface area contributed by atoms with Crippen LogP contribution in [0.5, 0.6) is 5.75 Å². The van der Waals surface area contributed by atoms with Crippen molar-refractivity contribution in [3.05, 3.63) is 29.8 Å². The van der Waals surface area contributed by atoms with E-state index in [1.165, 1.54) is 5.56 Å². The Morgan fingerprint density at radius 2 is 2.00 bits per heavy atom. The number of hydrogen-bond acceptors (Lipinski definition) is 3. The molecule has 1 atom stereocenters. The van der Waals surface area contributed by atoms with Crippen LogP contribution in [-0.2, 0) is 6.54 Å². The molecule has 0 aliphatic rings. The second-order valence-electron chi connectivity index (χ2n) is 5.57. The van der Waals surface area contributed by atoms with Crippen LogP contribution in [-0.4, -0.2) is 38.2 Å². The third-order valence-electron chi connectivity index (χ3n) is 3.14. The molecular formula is C16H28N2O. The molecule has 0 radical (unpaired) electrons. The van der Waals surface area contributed by atoms with E-state index in [9.17, 15) is 0 Å². The third kappa shape index (κ3) is 6.08. The molecule has 1 N–H and O–H groups in total. The number of hydrogen-bond donors (Lipinski definition) is 1. The Hall–Kier alpha value is -1.06. The molecule has 0 saturated heterocycles. The van der Waals surface area contributed by atoms with E-state index in [0.29, 0.717) is 18.6 Å². The first-order valence-electron chi connectivity index (χ1n) is 7.12. The third-order valence-corrected chi connectivity index (χ3v) is 3.14. The average molecular weight is 264 g/mol. The average Bonchev–Trinajstić information content (AvgIpc) is 2.34. The van der Waals surface area contributed by atoms with Crippen molar-refractivity contribution < 1.29 is 4.74 Å². The minimum absolute atomic E-state index is 0.505. The van der Waals surface area contributed by atoms with E-state index in [4.69, 9.17) is 4.74 Å². The molecule has 1 aromatic carbocycles. The Labute approximate surface area is 118 Å². The number of nitrogens with zero attached hydrogens (tertiary/aromatic N) is 1. The fourth-order valence-corrected chi connectivity index (χ4v) is 2.07. The van der Waals surface area contributed by atoms with Gasteiger partial charge >= 0.3 is 0 Å². The highest BCUT2D eigenvalue weighted by Crippen LogP contribution is 2.13. The molecule has 108 valence electrons. The van der Waals surface area contributed by atoms with Crippen molar-refractivity contribution in [2.75, 3.05) is 27.2 Å². The van der Waals surface area contributed by atoms with Crippen LogP contribution in [0.3, 0.4) is 0 Å². The van der Waals surface area contributed by atoms with Crippen LogP contribution in [0, 0.1) is 5.92 Å². The molecule has 0 amide bonds. The van der Waals surface area contributed by atoms with Crippen LogP contribution < -0.4 is 10.1 Å². The Morgan fingerprint density at radius 3 is 2.58 bits per heavy atom. The predicted octanol–water partition coefficient (Wildman–Crippen LogP) is 2.76. The number of rotatable bonds is 8. The maximum absolute atomic E-state index is 5.53. The molecule has 0 saturated carbocycles. The van der Waals surface area contributed by atoms with Crippen molar-refractivity contribution in [1.82, 2.24) is 10.2 Å². The first-order chi connectivity index (χ1) is 9.02. The van der Waals surface area contributed by atoms with Crippen LogP contribution in [0.15, 0.2) is 24.3 Å². The van der Waals surface area contributed by atoms with Crippen LogP contribution in [0.4, 0.5) is 0 Å². The fourth-order valence-electron chi connectivity index (χ4n) is 2.07. The van der Waals surface area contributed by atoms with Gasteiger partial charge in [0.15, 0.2) is 0 Å². The summed E-state index contributed by atoms with van der Waals surface area (Å²) in [6.07, 6.45) is 0. The van der Waals surface area contributed by atoms with Gasteiger partial charge in [0.2, 0.25) is 0 Å². The summed E-state index contributed by atoms with van der Waals surface area (Å²) in [4.78, 5) is 2.23. The number of likely N-dealkylation sites (N-methyl/N-ethyl adjacent to an activating group) is 1. The van der Waals surface area contributed by atoms with Gasteiger partial charge in [0.05, 0.1) is 6.61 Å². The van der Waals surface area contributed by atoms with E-state index in [2.05, 4.69) is 56.4 Å². The maximum atomic E-state index is 5.53. The van der Waals surface area contributed by atoms with Crippen LogP contribution in [0.1, 0.15) is 26.3 Å². The molecule has 0 aliphatic heterocycles. The summed E-state index contributed by atoms with van der Waals surface area (Å²) in [5.41, 5.74) is 1.27. The minimum atomic E-state index is 0.505. The van der Waals surface area contributed by atoms with Gasteiger partial charge in [0, 0.05) is 19.1 Å². The van der Waals surface area contributed by atoms with Gasteiger partial charge in [-0.2, -0.15) is 0 Å². The van der Waals surface area contributed by atoms with Crippen molar-refractivity contribution in [3.8, 4) is 5.75 Å². The highest BCUT2D eigenvalue weighted by Gasteiger charge is 2.13. The maximum Gasteiger partial charge on any atom is 0.119 e.